The number of hydrogen-bond acceptors (Lipinski definition) is 1. The van der Waals surface area contributed by atoms with Gasteiger partial charge in [0.05, 0.1) is 5.41 Å². The smallest absolute Gasteiger partial charge is 0.298 e. The summed E-state index contributed by atoms with van der Waals surface area (Å²) in [5, 5.41) is 0. The highest BCUT2D eigenvalue weighted by Gasteiger charge is 2.60. The van der Waals surface area contributed by atoms with Crippen LogP contribution in [0.15, 0.2) is 11.6 Å². The van der Waals surface area contributed by atoms with Gasteiger partial charge in [0, 0.05) is 6.42 Å². The molecule has 0 amide bonds. The van der Waals surface area contributed by atoms with Crippen molar-refractivity contribution in [1.82, 2.24) is 0 Å². The Hall–Kier alpha value is -1.61. The molecule has 0 N–H and O–H groups in total. The average Bonchev–Trinajstić information content (AvgIpc) is 2.50. The fraction of sp³-hybridized carbons (Fsp3) is 0.615. The molecule has 1 unspecified atom stereocenters. The van der Waals surface area contributed by atoms with E-state index in [0.29, 0.717) is 12.8 Å². The van der Waals surface area contributed by atoms with Crippen LogP contribution in [-0.4, -0.2) is 11.4 Å². The fourth-order valence-electron chi connectivity index (χ4n) is 2.92. The van der Waals surface area contributed by atoms with Crippen molar-refractivity contribution in [1.29, 1.82) is 0 Å². The lowest BCUT2D eigenvalue weighted by atomic mass is 9.75. The Morgan fingerprint density at radius 3 is 2.50 bits per heavy atom. The number of ketones is 1. The van der Waals surface area contributed by atoms with E-state index in [-0.39, 0.29) is 5.78 Å². The van der Waals surface area contributed by atoms with Crippen molar-refractivity contribution in [3.05, 3.63) is 34.5 Å². The van der Waals surface area contributed by atoms with Crippen molar-refractivity contribution in [2.24, 2.45) is 5.41 Å². The maximum atomic E-state index is 11.9. The van der Waals surface area contributed by atoms with Gasteiger partial charge < -0.3 is 0 Å². The first-order valence-electron chi connectivity index (χ1n) is 5.61. The second-order valence-electron chi connectivity index (χ2n) is 4.82. The van der Waals surface area contributed by atoms with Gasteiger partial charge in [-0.1, -0.05) is 12.5 Å². The Bertz CT molecular complexity index is 436. The minimum absolute atomic E-state index is 0.182. The first-order valence-corrected chi connectivity index (χ1v) is 5.61. The third-order valence-corrected chi connectivity index (χ3v) is 3.95. The highest BCUT2D eigenvalue weighted by Crippen LogP contribution is 2.51. The Balaban J connectivity index is 2.56. The Morgan fingerprint density at radius 2 is 1.88 bits per heavy atom. The number of rotatable bonds is 0. The zero-order valence-electron chi connectivity index (χ0n) is 9.42. The molecule has 2 aliphatic rings. The second-order valence-corrected chi connectivity index (χ2v) is 4.82. The molecule has 0 saturated heterocycles. The van der Waals surface area contributed by atoms with Crippen LogP contribution >= 0.6 is 0 Å². The van der Waals surface area contributed by atoms with E-state index in [2.05, 4.69) is 9.69 Å². The molecule has 0 aromatic carbocycles. The van der Waals surface area contributed by atoms with E-state index in [1.165, 1.54) is 0 Å². The van der Waals surface area contributed by atoms with Gasteiger partial charge in [-0.3, -0.25) is 4.79 Å². The van der Waals surface area contributed by atoms with Crippen LogP contribution < -0.4 is 0 Å². The van der Waals surface area contributed by atoms with Crippen molar-refractivity contribution >= 4 is 5.78 Å². The summed E-state index contributed by atoms with van der Waals surface area (Å²) in [6.07, 6.45) is 5.42. The average molecular weight is 214 g/mol. The van der Waals surface area contributed by atoms with E-state index >= 15 is 0 Å². The summed E-state index contributed by atoms with van der Waals surface area (Å²) in [4.78, 5) is 19.1. The van der Waals surface area contributed by atoms with E-state index in [9.17, 15) is 4.79 Å². The summed E-state index contributed by atoms with van der Waals surface area (Å²) >= 11 is 0. The molecule has 0 spiro atoms. The van der Waals surface area contributed by atoms with Crippen LogP contribution in [0.4, 0.5) is 0 Å². The molecule has 0 aliphatic heterocycles. The van der Waals surface area contributed by atoms with Gasteiger partial charge in [-0.15, -0.1) is 0 Å². The van der Waals surface area contributed by atoms with E-state index in [0.717, 1.165) is 24.8 Å². The standard InChI is InChI=1S/C13H14N2O/c1-12-8-4-5-9-13(14-2,15-3)10(12)6-7-11(12)16/h6H,4-5,7-9H2,1H3. The van der Waals surface area contributed by atoms with Crippen LogP contribution in [0, 0.1) is 18.6 Å². The van der Waals surface area contributed by atoms with Gasteiger partial charge >= 0.3 is 5.66 Å². The van der Waals surface area contributed by atoms with E-state index in [1.807, 2.05) is 13.0 Å². The molecule has 1 atom stereocenters. The third kappa shape index (κ3) is 1.21. The van der Waals surface area contributed by atoms with Crippen molar-refractivity contribution in [3.8, 4) is 0 Å². The summed E-state index contributed by atoms with van der Waals surface area (Å²) in [6.45, 7) is 16.5. The van der Waals surface area contributed by atoms with Crippen molar-refractivity contribution in [3.63, 3.8) is 0 Å². The second kappa shape index (κ2) is 3.46. The Labute approximate surface area is 95.8 Å². The lowest BCUT2D eigenvalue weighted by Crippen LogP contribution is -2.34. The number of Topliss-reactive ketones (excluding diaryl/α,β-unsaturated/α-hetero) is 1. The highest BCUT2D eigenvalue weighted by molar-refractivity contribution is 5.93. The molecule has 2 rings (SSSR count). The van der Waals surface area contributed by atoms with Crippen LogP contribution in [0.5, 0.6) is 0 Å². The largest absolute Gasteiger partial charge is 0.506 e. The number of carbonyl (C=O) groups excluding carboxylic acids is 1. The monoisotopic (exact) mass is 214 g/mol. The lowest BCUT2D eigenvalue weighted by molar-refractivity contribution is -0.124. The Morgan fingerprint density at radius 1 is 1.25 bits per heavy atom. The molecular formula is C13H14N2O. The zero-order chi connectivity index (χ0) is 11.8. The Kier molecular flexibility index (Phi) is 2.35. The van der Waals surface area contributed by atoms with Crippen LogP contribution in [0.1, 0.15) is 39.0 Å². The van der Waals surface area contributed by atoms with Crippen molar-refractivity contribution in [2.75, 3.05) is 0 Å². The first-order chi connectivity index (χ1) is 7.59. The minimum atomic E-state index is -1.09. The van der Waals surface area contributed by atoms with Crippen molar-refractivity contribution < 1.29 is 4.79 Å². The molecule has 1 saturated carbocycles. The third-order valence-electron chi connectivity index (χ3n) is 3.95. The highest BCUT2D eigenvalue weighted by atomic mass is 16.1. The lowest BCUT2D eigenvalue weighted by Gasteiger charge is -2.24. The van der Waals surface area contributed by atoms with Gasteiger partial charge in [0.25, 0.3) is 0 Å². The summed E-state index contributed by atoms with van der Waals surface area (Å²) in [6, 6.07) is 0. The van der Waals surface area contributed by atoms with Crippen LogP contribution in [0.25, 0.3) is 9.69 Å². The van der Waals surface area contributed by atoms with Crippen molar-refractivity contribution in [2.45, 2.75) is 44.7 Å². The number of hydrogen-bond donors (Lipinski definition) is 0. The molecule has 0 aromatic heterocycles. The van der Waals surface area contributed by atoms with Crippen LogP contribution in [0.2, 0.25) is 0 Å². The molecule has 3 nitrogen and oxygen atoms in total. The summed E-state index contributed by atoms with van der Waals surface area (Å²) < 4.78 is 0. The van der Waals surface area contributed by atoms with E-state index in [1.54, 1.807) is 0 Å². The molecule has 16 heavy (non-hydrogen) atoms. The SMILES string of the molecule is [C-]#[N+]C1([N+]#[C-])CCCCC2(C)C(=O)CC=C12. The van der Waals surface area contributed by atoms with E-state index in [4.69, 9.17) is 13.1 Å². The van der Waals surface area contributed by atoms with Crippen LogP contribution in [-0.2, 0) is 4.79 Å². The number of fused-ring (bicyclic) bond motifs is 1. The van der Waals surface area contributed by atoms with Gasteiger partial charge in [-0.05, 0) is 19.8 Å². The molecule has 0 radical (unpaired) electrons. The van der Waals surface area contributed by atoms with Gasteiger partial charge in [0.1, 0.15) is 17.8 Å². The number of carbonyl (C=O) groups is 1. The molecule has 0 heterocycles. The normalized spacial score (nSPS) is 31.9. The number of nitrogens with zero attached hydrogens (tertiary/aromatic N) is 2. The quantitative estimate of drug-likeness (QED) is 0.449. The molecule has 0 aromatic rings. The van der Waals surface area contributed by atoms with Crippen LogP contribution in [0.3, 0.4) is 0 Å². The first kappa shape index (κ1) is 10.9. The fourth-order valence-corrected chi connectivity index (χ4v) is 2.92. The summed E-state index contributed by atoms with van der Waals surface area (Å²) in [5.74, 6) is 0.182. The zero-order valence-corrected chi connectivity index (χ0v) is 9.42. The topological polar surface area (TPSA) is 25.8 Å². The molecule has 2 aliphatic carbocycles. The summed E-state index contributed by atoms with van der Waals surface area (Å²) in [5.41, 5.74) is -0.837. The van der Waals surface area contributed by atoms with Gasteiger partial charge in [-0.25, -0.2) is 22.8 Å². The number of allylic oxidation sites excluding steroid dienone is 1. The predicted octanol–water partition coefficient (Wildman–Crippen LogP) is 3.00. The molecular weight excluding hydrogens is 200 g/mol. The molecule has 82 valence electrons. The van der Waals surface area contributed by atoms with Gasteiger partial charge in [0.2, 0.25) is 0 Å². The summed E-state index contributed by atoms with van der Waals surface area (Å²) in [7, 11) is 0. The predicted molar refractivity (Wildman–Crippen MR) is 60.2 cm³/mol. The maximum absolute atomic E-state index is 11.9. The van der Waals surface area contributed by atoms with Gasteiger partial charge in [-0.2, -0.15) is 0 Å². The molecule has 0 bridgehead atoms. The van der Waals surface area contributed by atoms with Gasteiger partial charge in [0.15, 0.2) is 0 Å². The van der Waals surface area contributed by atoms with E-state index < -0.39 is 11.1 Å². The minimum Gasteiger partial charge on any atom is -0.298 e. The maximum Gasteiger partial charge on any atom is 0.506 e. The molecule has 1 fully saturated rings. The molecule has 3 heteroatoms.